The lowest BCUT2D eigenvalue weighted by Gasteiger charge is -2.51. The molecule has 16 heavy (non-hydrogen) atoms. The van der Waals surface area contributed by atoms with Crippen LogP contribution in [0.3, 0.4) is 0 Å². The lowest BCUT2D eigenvalue weighted by atomic mass is 9.83. The molecule has 1 aromatic heterocycles. The van der Waals surface area contributed by atoms with Gasteiger partial charge in [0.05, 0.1) is 0 Å². The summed E-state index contributed by atoms with van der Waals surface area (Å²) >= 11 is 0. The number of aromatic nitrogens is 2. The molecule has 0 aliphatic carbocycles. The van der Waals surface area contributed by atoms with Crippen LogP contribution >= 0.6 is 0 Å². The van der Waals surface area contributed by atoms with Crippen LogP contribution in [0, 0.1) is 19.8 Å². The van der Waals surface area contributed by atoms with Gasteiger partial charge in [0.1, 0.15) is 0 Å². The molecule has 0 radical (unpaired) electrons. The Hall–Kier alpha value is -1.16. The van der Waals surface area contributed by atoms with Crippen molar-refractivity contribution in [2.24, 2.45) is 5.92 Å². The molecule has 3 heterocycles. The van der Waals surface area contributed by atoms with Crippen molar-refractivity contribution in [3.63, 3.8) is 0 Å². The predicted molar refractivity (Wildman–Crippen MR) is 63.6 cm³/mol. The van der Waals surface area contributed by atoms with Crippen LogP contribution in [-0.4, -0.2) is 35.6 Å². The number of aryl methyl sites for hydroxylation is 2. The highest BCUT2D eigenvalue weighted by Crippen LogP contribution is 2.32. The zero-order valence-electron chi connectivity index (χ0n) is 9.90. The predicted octanol–water partition coefficient (Wildman–Crippen LogP) is 0.892. The molecule has 0 aromatic carbocycles. The molecular formula is C12H18N4. The fraction of sp³-hybridized carbons (Fsp3) is 0.667. The number of piperidine rings is 1. The molecule has 3 rings (SSSR count). The van der Waals surface area contributed by atoms with E-state index in [1.807, 2.05) is 19.9 Å². The van der Waals surface area contributed by atoms with E-state index < -0.39 is 0 Å². The maximum atomic E-state index is 4.53. The molecule has 1 N–H and O–H groups in total. The van der Waals surface area contributed by atoms with Crippen molar-refractivity contribution in [3.8, 4) is 0 Å². The van der Waals surface area contributed by atoms with Gasteiger partial charge in [0.2, 0.25) is 5.95 Å². The van der Waals surface area contributed by atoms with Crippen LogP contribution in [0.5, 0.6) is 0 Å². The molecule has 86 valence electrons. The number of hydrogen-bond donors (Lipinski definition) is 1. The van der Waals surface area contributed by atoms with Gasteiger partial charge in [-0.3, -0.25) is 0 Å². The molecule has 4 nitrogen and oxygen atoms in total. The van der Waals surface area contributed by atoms with E-state index in [9.17, 15) is 0 Å². The zero-order valence-corrected chi connectivity index (χ0v) is 9.90. The second-order valence-electron chi connectivity index (χ2n) is 4.92. The van der Waals surface area contributed by atoms with Gasteiger partial charge in [0, 0.05) is 30.5 Å². The summed E-state index contributed by atoms with van der Waals surface area (Å²) in [6, 6.07) is 2.65. The fourth-order valence-corrected chi connectivity index (χ4v) is 2.79. The zero-order chi connectivity index (χ0) is 11.1. The van der Waals surface area contributed by atoms with Gasteiger partial charge in [0.15, 0.2) is 0 Å². The first-order chi connectivity index (χ1) is 7.74. The summed E-state index contributed by atoms with van der Waals surface area (Å²) in [5.41, 5.74) is 2.13. The molecule has 1 aromatic rings. The van der Waals surface area contributed by atoms with Crippen molar-refractivity contribution < 1.29 is 0 Å². The van der Waals surface area contributed by atoms with E-state index >= 15 is 0 Å². The van der Waals surface area contributed by atoms with E-state index in [2.05, 4.69) is 20.2 Å². The number of nitrogens with one attached hydrogen (secondary N) is 1. The second kappa shape index (κ2) is 3.70. The van der Waals surface area contributed by atoms with E-state index in [0.717, 1.165) is 36.3 Å². The van der Waals surface area contributed by atoms with Gasteiger partial charge >= 0.3 is 0 Å². The van der Waals surface area contributed by atoms with Gasteiger partial charge < -0.3 is 10.2 Å². The van der Waals surface area contributed by atoms with Crippen molar-refractivity contribution in [2.45, 2.75) is 26.3 Å². The minimum atomic E-state index is 0.620. The van der Waals surface area contributed by atoms with Crippen LogP contribution in [0.4, 0.5) is 5.95 Å². The van der Waals surface area contributed by atoms with Gasteiger partial charge in [-0.15, -0.1) is 0 Å². The average molecular weight is 218 g/mol. The van der Waals surface area contributed by atoms with Gasteiger partial charge in [0.25, 0.3) is 0 Å². The topological polar surface area (TPSA) is 41.1 Å². The molecule has 0 spiro atoms. The smallest absolute Gasteiger partial charge is 0.226 e. The van der Waals surface area contributed by atoms with Crippen LogP contribution in [-0.2, 0) is 0 Å². The number of anilines is 1. The van der Waals surface area contributed by atoms with Crippen molar-refractivity contribution >= 4 is 5.95 Å². The number of hydrogen-bond acceptors (Lipinski definition) is 4. The van der Waals surface area contributed by atoms with Gasteiger partial charge in [-0.2, -0.15) is 0 Å². The highest BCUT2D eigenvalue weighted by molar-refractivity contribution is 5.39. The van der Waals surface area contributed by atoms with Gasteiger partial charge in [-0.25, -0.2) is 9.97 Å². The Bertz CT molecular complexity index is 384. The molecule has 4 heteroatoms. The van der Waals surface area contributed by atoms with Crippen LogP contribution in [0.1, 0.15) is 17.8 Å². The third kappa shape index (κ3) is 1.57. The fourth-order valence-electron chi connectivity index (χ4n) is 2.79. The first kappa shape index (κ1) is 10.0. The first-order valence-corrected chi connectivity index (χ1v) is 6.03. The first-order valence-electron chi connectivity index (χ1n) is 6.03. The highest BCUT2D eigenvalue weighted by atomic mass is 15.3. The molecular weight excluding hydrogens is 200 g/mol. The maximum Gasteiger partial charge on any atom is 0.226 e. The molecule has 0 saturated carbocycles. The standard InChI is InChI=1S/C12H18N4/c1-8-5-9(2)15-12(14-8)16-7-10-3-4-13-6-11(10)16/h5,10-11,13H,3-4,6-7H2,1-2H3/t10?,11-/m0/s1. The summed E-state index contributed by atoms with van der Waals surface area (Å²) in [4.78, 5) is 11.4. The van der Waals surface area contributed by atoms with E-state index in [4.69, 9.17) is 0 Å². The minimum absolute atomic E-state index is 0.620. The van der Waals surface area contributed by atoms with Crippen LogP contribution < -0.4 is 10.2 Å². The van der Waals surface area contributed by atoms with E-state index in [1.165, 1.54) is 13.0 Å². The Balaban J connectivity index is 1.82. The Morgan fingerprint density at radius 2 is 2.06 bits per heavy atom. The third-order valence-electron chi connectivity index (χ3n) is 3.65. The average Bonchev–Trinajstić information content (AvgIpc) is 2.18. The molecule has 2 aliphatic rings. The van der Waals surface area contributed by atoms with Gasteiger partial charge in [-0.05, 0) is 38.8 Å². The summed E-state index contributed by atoms with van der Waals surface area (Å²) in [7, 11) is 0. The van der Waals surface area contributed by atoms with Gasteiger partial charge in [-0.1, -0.05) is 0 Å². The van der Waals surface area contributed by atoms with E-state index in [-0.39, 0.29) is 0 Å². The second-order valence-corrected chi connectivity index (χ2v) is 4.92. The summed E-state index contributed by atoms with van der Waals surface area (Å²) < 4.78 is 0. The number of rotatable bonds is 1. The molecule has 2 atom stereocenters. The molecule has 0 amide bonds. The van der Waals surface area contributed by atoms with Crippen molar-refractivity contribution in [1.29, 1.82) is 0 Å². The van der Waals surface area contributed by atoms with E-state index in [0.29, 0.717) is 6.04 Å². The van der Waals surface area contributed by atoms with Crippen LogP contribution in [0.25, 0.3) is 0 Å². The molecule has 2 fully saturated rings. The number of nitrogens with zero attached hydrogens (tertiary/aromatic N) is 3. The third-order valence-corrected chi connectivity index (χ3v) is 3.65. The number of fused-ring (bicyclic) bond motifs is 1. The summed E-state index contributed by atoms with van der Waals surface area (Å²) in [6.45, 7) is 7.46. The Morgan fingerprint density at radius 1 is 1.31 bits per heavy atom. The van der Waals surface area contributed by atoms with Crippen molar-refractivity contribution in [2.75, 3.05) is 24.5 Å². The SMILES string of the molecule is Cc1cc(C)nc(N2CC3CCNC[C@@H]32)n1. The minimum Gasteiger partial charge on any atom is -0.336 e. The van der Waals surface area contributed by atoms with Crippen molar-refractivity contribution in [1.82, 2.24) is 15.3 Å². The maximum absolute atomic E-state index is 4.53. The lowest BCUT2D eigenvalue weighted by Crippen LogP contribution is -2.64. The molecule has 2 aliphatic heterocycles. The Kier molecular flexibility index (Phi) is 2.32. The summed E-state index contributed by atoms with van der Waals surface area (Å²) in [6.07, 6.45) is 1.30. The molecule has 2 saturated heterocycles. The Labute approximate surface area is 96.1 Å². The lowest BCUT2D eigenvalue weighted by molar-refractivity contribution is 0.225. The quantitative estimate of drug-likeness (QED) is 0.760. The largest absolute Gasteiger partial charge is 0.336 e. The molecule has 1 unspecified atom stereocenters. The van der Waals surface area contributed by atoms with Crippen molar-refractivity contribution in [3.05, 3.63) is 17.5 Å². The Morgan fingerprint density at radius 3 is 2.75 bits per heavy atom. The van der Waals surface area contributed by atoms with Crippen LogP contribution in [0.2, 0.25) is 0 Å². The summed E-state index contributed by atoms with van der Waals surface area (Å²) in [5, 5.41) is 3.45. The van der Waals surface area contributed by atoms with E-state index in [1.54, 1.807) is 0 Å². The normalized spacial score (nSPS) is 28.5. The van der Waals surface area contributed by atoms with Crippen LogP contribution in [0.15, 0.2) is 6.07 Å². The summed E-state index contributed by atoms with van der Waals surface area (Å²) in [5.74, 6) is 1.77. The monoisotopic (exact) mass is 218 g/mol. The highest BCUT2D eigenvalue weighted by Gasteiger charge is 2.41. The molecule has 0 bridgehead atoms.